The minimum Gasteiger partial charge on any atom is -0.325 e. The minimum atomic E-state index is -0.470. The molecule has 0 saturated carbocycles. The van der Waals surface area contributed by atoms with Crippen LogP contribution in [0, 0.1) is 17.0 Å². The Bertz CT molecular complexity index is 667. The van der Waals surface area contributed by atoms with Gasteiger partial charge in [-0.05, 0) is 43.1 Å². The van der Waals surface area contributed by atoms with Gasteiger partial charge in [-0.25, -0.2) is 0 Å². The molecule has 1 amide bonds. The van der Waals surface area contributed by atoms with Gasteiger partial charge >= 0.3 is 0 Å². The quantitative estimate of drug-likeness (QED) is 0.656. The first-order chi connectivity index (χ1) is 10.5. The topological polar surface area (TPSA) is 75.5 Å². The molecule has 2 rings (SSSR count). The van der Waals surface area contributed by atoms with Gasteiger partial charge in [-0.3, -0.25) is 19.8 Å². The largest absolute Gasteiger partial charge is 0.325 e. The number of nitrogens with one attached hydrogen (secondary N) is 1. The Morgan fingerprint density at radius 2 is 2.00 bits per heavy atom. The SMILES string of the molecule is Cc1ccsc1CN(C)CC(=O)Nc1ccc([N+](=O)[O-])cc1. The average molecular weight is 319 g/mol. The van der Waals surface area contributed by atoms with Crippen molar-refractivity contribution in [1.29, 1.82) is 0 Å². The molecule has 1 N–H and O–H groups in total. The molecule has 1 aromatic heterocycles. The molecular formula is C15H17N3O3S. The lowest BCUT2D eigenvalue weighted by Crippen LogP contribution is -2.29. The van der Waals surface area contributed by atoms with Gasteiger partial charge in [0.1, 0.15) is 0 Å². The standard InChI is InChI=1S/C15H17N3O3S/c1-11-7-8-22-14(11)9-17(2)10-15(19)16-12-3-5-13(6-4-12)18(20)21/h3-8H,9-10H2,1-2H3,(H,16,19). The van der Waals surface area contributed by atoms with Gasteiger partial charge in [0.25, 0.3) is 5.69 Å². The number of nitro benzene ring substituents is 1. The molecule has 116 valence electrons. The summed E-state index contributed by atoms with van der Waals surface area (Å²) in [5, 5.41) is 15.3. The Morgan fingerprint density at radius 1 is 1.32 bits per heavy atom. The van der Waals surface area contributed by atoms with Crippen molar-refractivity contribution in [3.63, 3.8) is 0 Å². The smallest absolute Gasteiger partial charge is 0.269 e. The van der Waals surface area contributed by atoms with Crippen LogP contribution in [0.2, 0.25) is 0 Å². The number of rotatable bonds is 6. The van der Waals surface area contributed by atoms with Gasteiger partial charge in [-0.2, -0.15) is 0 Å². The third-order valence-electron chi connectivity index (χ3n) is 3.16. The first-order valence-corrected chi connectivity index (χ1v) is 7.59. The summed E-state index contributed by atoms with van der Waals surface area (Å²) in [5.41, 5.74) is 1.78. The number of benzene rings is 1. The summed E-state index contributed by atoms with van der Waals surface area (Å²) in [5.74, 6) is -0.148. The number of hydrogen-bond donors (Lipinski definition) is 1. The summed E-state index contributed by atoms with van der Waals surface area (Å²) in [4.78, 5) is 25.2. The number of nitro groups is 1. The molecule has 0 radical (unpaired) electrons. The predicted octanol–water partition coefficient (Wildman–Crippen LogP) is 3.04. The van der Waals surface area contributed by atoms with E-state index in [2.05, 4.69) is 18.3 Å². The van der Waals surface area contributed by atoms with Crippen molar-refractivity contribution < 1.29 is 9.72 Å². The van der Waals surface area contributed by atoms with Gasteiger partial charge in [0.2, 0.25) is 5.91 Å². The molecule has 22 heavy (non-hydrogen) atoms. The second kappa shape index (κ2) is 7.15. The molecule has 0 aliphatic heterocycles. The zero-order chi connectivity index (χ0) is 16.1. The third kappa shape index (κ3) is 4.37. The molecule has 1 heterocycles. The third-order valence-corrected chi connectivity index (χ3v) is 4.16. The monoisotopic (exact) mass is 319 g/mol. The maximum atomic E-state index is 12.0. The lowest BCUT2D eigenvalue weighted by Gasteiger charge is -2.16. The van der Waals surface area contributed by atoms with Gasteiger partial charge in [0, 0.05) is 29.2 Å². The fraction of sp³-hybridized carbons (Fsp3) is 0.267. The zero-order valence-corrected chi connectivity index (χ0v) is 13.2. The molecule has 0 aliphatic carbocycles. The lowest BCUT2D eigenvalue weighted by molar-refractivity contribution is -0.384. The van der Waals surface area contributed by atoms with E-state index in [-0.39, 0.29) is 18.1 Å². The lowest BCUT2D eigenvalue weighted by atomic mass is 10.2. The highest BCUT2D eigenvalue weighted by atomic mass is 32.1. The van der Waals surface area contributed by atoms with Crippen molar-refractivity contribution in [2.45, 2.75) is 13.5 Å². The van der Waals surface area contributed by atoms with E-state index in [1.165, 1.54) is 34.7 Å². The summed E-state index contributed by atoms with van der Waals surface area (Å²) >= 11 is 1.68. The molecule has 0 bridgehead atoms. The van der Waals surface area contributed by atoms with Gasteiger partial charge in [-0.1, -0.05) is 0 Å². The van der Waals surface area contributed by atoms with Crippen molar-refractivity contribution in [1.82, 2.24) is 4.90 Å². The van der Waals surface area contributed by atoms with Crippen LogP contribution in [0.25, 0.3) is 0 Å². The Hall–Kier alpha value is -2.25. The van der Waals surface area contributed by atoms with Gasteiger partial charge in [0.05, 0.1) is 11.5 Å². The molecule has 0 spiro atoms. The number of nitrogens with zero attached hydrogens (tertiary/aromatic N) is 2. The highest BCUT2D eigenvalue weighted by Crippen LogP contribution is 2.18. The molecule has 2 aromatic rings. The van der Waals surface area contributed by atoms with Gasteiger partial charge in [-0.15, -0.1) is 11.3 Å². The molecule has 1 aromatic carbocycles. The molecule has 0 aliphatic rings. The maximum Gasteiger partial charge on any atom is 0.269 e. The van der Waals surface area contributed by atoms with E-state index in [1.54, 1.807) is 11.3 Å². The van der Waals surface area contributed by atoms with Gasteiger partial charge in [0.15, 0.2) is 0 Å². The predicted molar refractivity (Wildman–Crippen MR) is 87.1 cm³/mol. The van der Waals surface area contributed by atoms with Crippen LogP contribution >= 0.6 is 11.3 Å². The highest BCUT2D eigenvalue weighted by molar-refractivity contribution is 7.10. The first-order valence-electron chi connectivity index (χ1n) is 6.71. The Balaban J connectivity index is 1.87. The first kappa shape index (κ1) is 16.1. The van der Waals surface area contributed by atoms with Crippen molar-refractivity contribution in [3.8, 4) is 0 Å². The number of likely N-dealkylation sites (N-methyl/N-ethyl adjacent to an activating group) is 1. The van der Waals surface area contributed by atoms with E-state index >= 15 is 0 Å². The van der Waals surface area contributed by atoms with E-state index in [9.17, 15) is 14.9 Å². The molecule has 0 fully saturated rings. The van der Waals surface area contributed by atoms with Crippen LogP contribution in [-0.2, 0) is 11.3 Å². The zero-order valence-electron chi connectivity index (χ0n) is 12.4. The molecule has 0 saturated heterocycles. The van der Waals surface area contributed by atoms with Crippen LogP contribution in [0.4, 0.5) is 11.4 Å². The van der Waals surface area contributed by atoms with Crippen LogP contribution in [-0.4, -0.2) is 29.3 Å². The Morgan fingerprint density at radius 3 is 2.55 bits per heavy atom. The number of thiophene rings is 1. The number of carbonyl (C=O) groups excluding carboxylic acids is 1. The summed E-state index contributed by atoms with van der Waals surface area (Å²) < 4.78 is 0. The number of non-ortho nitro benzene ring substituents is 1. The number of anilines is 1. The average Bonchev–Trinajstić information content (AvgIpc) is 2.84. The number of amides is 1. The molecule has 7 heteroatoms. The number of carbonyl (C=O) groups is 1. The molecular weight excluding hydrogens is 302 g/mol. The number of hydrogen-bond acceptors (Lipinski definition) is 5. The van der Waals surface area contributed by atoms with Crippen LogP contribution < -0.4 is 5.32 Å². The summed E-state index contributed by atoms with van der Waals surface area (Å²) in [6, 6.07) is 7.85. The molecule has 0 atom stereocenters. The van der Waals surface area contributed by atoms with Crippen LogP contribution in [0.5, 0.6) is 0 Å². The molecule has 6 nitrogen and oxygen atoms in total. The van der Waals surface area contributed by atoms with Crippen LogP contribution in [0.15, 0.2) is 35.7 Å². The van der Waals surface area contributed by atoms with Crippen molar-refractivity contribution >= 4 is 28.6 Å². The van der Waals surface area contributed by atoms with E-state index in [0.717, 1.165) is 6.54 Å². The second-order valence-corrected chi connectivity index (χ2v) is 6.05. The van der Waals surface area contributed by atoms with E-state index < -0.39 is 4.92 Å². The highest BCUT2D eigenvalue weighted by Gasteiger charge is 2.10. The van der Waals surface area contributed by atoms with Crippen molar-refractivity contribution in [2.75, 3.05) is 18.9 Å². The van der Waals surface area contributed by atoms with Crippen molar-refractivity contribution in [3.05, 3.63) is 56.3 Å². The van der Waals surface area contributed by atoms with E-state index in [0.29, 0.717) is 5.69 Å². The summed E-state index contributed by atoms with van der Waals surface area (Å²) in [6.45, 7) is 3.03. The Kier molecular flexibility index (Phi) is 5.24. The normalized spacial score (nSPS) is 10.7. The fourth-order valence-corrected chi connectivity index (χ4v) is 2.96. The van der Waals surface area contributed by atoms with E-state index in [4.69, 9.17) is 0 Å². The van der Waals surface area contributed by atoms with Gasteiger partial charge < -0.3 is 5.32 Å². The fourth-order valence-electron chi connectivity index (χ4n) is 1.98. The molecule has 0 unspecified atom stereocenters. The minimum absolute atomic E-state index is 0.00304. The summed E-state index contributed by atoms with van der Waals surface area (Å²) in [7, 11) is 1.88. The van der Waals surface area contributed by atoms with Crippen LogP contribution in [0.3, 0.4) is 0 Å². The van der Waals surface area contributed by atoms with E-state index in [1.807, 2.05) is 17.3 Å². The summed E-state index contributed by atoms with van der Waals surface area (Å²) in [6.07, 6.45) is 0. The Labute approximate surface area is 132 Å². The van der Waals surface area contributed by atoms with Crippen LogP contribution in [0.1, 0.15) is 10.4 Å². The number of aryl methyl sites for hydroxylation is 1. The second-order valence-electron chi connectivity index (χ2n) is 5.05. The maximum absolute atomic E-state index is 12.0. The van der Waals surface area contributed by atoms with Crippen molar-refractivity contribution in [2.24, 2.45) is 0 Å².